The van der Waals surface area contributed by atoms with Crippen LogP contribution in [0.5, 0.6) is 0 Å². The van der Waals surface area contributed by atoms with Crippen LogP contribution in [0.4, 0.5) is 0 Å². The summed E-state index contributed by atoms with van der Waals surface area (Å²) < 4.78 is 2.11. The molecule has 3 heteroatoms. The molecular weight excluding hydrogens is 198 g/mol. The van der Waals surface area contributed by atoms with Gasteiger partial charge in [-0.1, -0.05) is 0 Å². The number of hydrogen-bond acceptors (Lipinski definition) is 2. The highest BCUT2D eigenvalue weighted by Gasteiger charge is 2.17. The SMILES string of the molecule is CN1C=CN(C)C1/C=C/c1cccc[n+]1C. The van der Waals surface area contributed by atoms with Crippen LogP contribution in [0.25, 0.3) is 6.08 Å². The van der Waals surface area contributed by atoms with E-state index in [4.69, 9.17) is 0 Å². The molecule has 0 fully saturated rings. The fraction of sp³-hybridized carbons (Fsp3) is 0.308. The monoisotopic (exact) mass is 216 g/mol. The van der Waals surface area contributed by atoms with Gasteiger partial charge in [0.25, 0.3) is 0 Å². The Kier molecular flexibility index (Phi) is 2.95. The van der Waals surface area contributed by atoms with Crippen molar-refractivity contribution in [3.8, 4) is 0 Å². The van der Waals surface area contributed by atoms with Gasteiger partial charge in [-0.2, -0.15) is 0 Å². The highest BCUT2D eigenvalue weighted by molar-refractivity contribution is 5.42. The summed E-state index contributed by atoms with van der Waals surface area (Å²) in [5.41, 5.74) is 1.20. The molecule has 0 saturated carbocycles. The lowest BCUT2D eigenvalue weighted by Crippen LogP contribution is -2.33. The van der Waals surface area contributed by atoms with Crippen LogP contribution in [0.3, 0.4) is 0 Å². The van der Waals surface area contributed by atoms with Crippen molar-refractivity contribution in [2.75, 3.05) is 14.1 Å². The number of likely N-dealkylation sites (N-methyl/N-ethyl adjacent to an activating group) is 2. The minimum atomic E-state index is 0.320. The van der Waals surface area contributed by atoms with Gasteiger partial charge in [-0.15, -0.1) is 0 Å². The molecule has 0 spiro atoms. The van der Waals surface area contributed by atoms with Crippen LogP contribution in [0.1, 0.15) is 5.69 Å². The first-order chi connectivity index (χ1) is 7.68. The van der Waals surface area contributed by atoms with Gasteiger partial charge in [0.2, 0.25) is 5.69 Å². The fourth-order valence-electron chi connectivity index (χ4n) is 1.84. The predicted molar refractivity (Wildman–Crippen MR) is 65.1 cm³/mol. The summed E-state index contributed by atoms with van der Waals surface area (Å²) in [6.07, 6.45) is 10.9. The third-order valence-corrected chi connectivity index (χ3v) is 2.91. The maximum Gasteiger partial charge on any atom is 0.204 e. The van der Waals surface area contributed by atoms with Crippen molar-refractivity contribution >= 4 is 6.08 Å². The van der Waals surface area contributed by atoms with E-state index in [0.717, 1.165) is 0 Å². The third kappa shape index (κ3) is 2.08. The Morgan fingerprint density at radius 2 is 1.88 bits per heavy atom. The standard InChI is InChI=1S/C13H18N3/c1-14-9-5-4-6-12(14)7-8-13-15(2)10-11-16(13)3/h4-11,13H,1-3H3/q+1/b8-7+. The molecule has 0 aliphatic carbocycles. The molecule has 1 aliphatic heterocycles. The second-order valence-electron chi connectivity index (χ2n) is 4.14. The van der Waals surface area contributed by atoms with Gasteiger partial charge >= 0.3 is 0 Å². The average Bonchev–Trinajstić information content (AvgIpc) is 2.58. The van der Waals surface area contributed by atoms with Crippen LogP contribution in [-0.4, -0.2) is 30.1 Å². The van der Waals surface area contributed by atoms with E-state index in [2.05, 4.69) is 78.4 Å². The van der Waals surface area contributed by atoms with Crippen LogP contribution in [-0.2, 0) is 7.05 Å². The largest absolute Gasteiger partial charge is 0.356 e. The summed E-state index contributed by atoms with van der Waals surface area (Å²) in [5.74, 6) is 0. The van der Waals surface area contributed by atoms with Gasteiger partial charge in [0.15, 0.2) is 6.20 Å². The minimum Gasteiger partial charge on any atom is -0.356 e. The van der Waals surface area contributed by atoms with Crippen LogP contribution < -0.4 is 4.57 Å². The Balaban J connectivity index is 2.13. The summed E-state index contributed by atoms with van der Waals surface area (Å²) in [5, 5.41) is 0. The molecule has 0 aromatic carbocycles. The summed E-state index contributed by atoms with van der Waals surface area (Å²) >= 11 is 0. The zero-order chi connectivity index (χ0) is 11.5. The molecule has 1 aromatic rings. The van der Waals surface area contributed by atoms with Crippen LogP contribution in [0.2, 0.25) is 0 Å². The molecule has 2 heterocycles. The first-order valence-electron chi connectivity index (χ1n) is 5.43. The number of aryl methyl sites for hydroxylation is 1. The molecule has 0 saturated heterocycles. The lowest BCUT2D eigenvalue weighted by atomic mass is 10.3. The minimum absolute atomic E-state index is 0.320. The second-order valence-corrected chi connectivity index (χ2v) is 4.14. The Morgan fingerprint density at radius 1 is 1.19 bits per heavy atom. The summed E-state index contributed by atoms with van der Waals surface area (Å²) in [7, 11) is 6.22. The van der Waals surface area contributed by atoms with E-state index in [0.29, 0.717) is 6.17 Å². The molecule has 0 bridgehead atoms. The van der Waals surface area contributed by atoms with Crippen molar-refractivity contribution in [2.45, 2.75) is 6.17 Å². The normalized spacial score (nSPS) is 16.7. The molecule has 0 N–H and O–H groups in total. The first kappa shape index (κ1) is 10.7. The van der Waals surface area contributed by atoms with Crippen molar-refractivity contribution < 1.29 is 4.57 Å². The van der Waals surface area contributed by atoms with Gasteiger partial charge in [-0.25, -0.2) is 4.57 Å². The number of aromatic nitrogens is 1. The van der Waals surface area contributed by atoms with Crippen LogP contribution in [0, 0.1) is 0 Å². The van der Waals surface area contributed by atoms with E-state index >= 15 is 0 Å². The Bertz CT molecular complexity index is 411. The lowest BCUT2D eigenvalue weighted by Gasteiger charge is -2.23. The Hall–Kier alpha value is -1.77. The molecule has 3 nitrogen and oxygen atoms in total. The van der Waals surface area contributed by atoms with E-state index in [1.165, 1.54) is 5.69 Å². The first-order valence-corrected chi connectivity index (χ1v) is 5.43. The van der Waals surface area contributed by atoms with Crippen molar-refractivity contribution in [3.05, 3.63) is 48.6 Å². The molecule has 1 aliphatic rings. The molecular formula is C13H18N3+. The van der Waals surface area contributed by atoms with E-state index in [1.807, 2.05) is 6.07 Å². The van der Waals surface area contributed by atoms with Crippen LogP contribution >= 0.6 is 0 Å². The van der Waals surface area contributed by atoms with E-state index in [9.17, 15) is 0 Å². The van der Waals surface area contributed by atoms with E-state index in [1.54, 1.807) is 0 Å². The molecule has 0 radical (unpaired) electrons. The van der Waals surface area contributed by atoms with E-state index in [-0.39, 0.29) is 0 Å². The molecule has 1 aromatic heterocycles. The molecule has 0 atom stereocenters. The lowest BCUT2D eigenvalue weighted by molar-refractivity contribution is -0.673. The second kappa shape index (κ2) is 4.39. The average molecular weight is 216 g/mol. The van der Waals surface area contributed by atoms with Crippen molar-refractivity contribution in [2.24, 2.45) is 7.05 Å². The van der Waals surface area contributed by atoms with Crippen LogP contribution in [0.15, 0.2) is 42.9 Å². The highest BCUT2D eigenvalue weighted by Crippen LogP contribution is 2.13. The highest BCUT2D eigenvalue weighted by atomic mass is 15.4. The fourth-order valence-corrected chi connectivity index (χ4v) is 1.84. The molecule has 84 valence electrons. The third-order valence-electron chi connectivity index (χ3n) is 2.91. The van der Waals surface area contributed by atoms with Gasteiger partial charge in [-0.05, 0) is 12.1 Å². The topological polar surface area (TPSA) is 10.4 Å². The Morgan fingerprint density at radius 3 is 2.50 bits per heavy atom. The maximum atomic E-state index is 2.20. The van der Waals surface area contributed by atoms with Gasteiger partial charge < -0.3 is 9.80 Å². The molecule has 0 amide bonds. The number of hydrogen-bond donors (Lipinski definition) is 0. The van der Waals surface area contributed by atoms with Gasteiger partial charge in [0.05, 0.1) is 0 Å². The number of pyridine rings is 1. The summed E-state index contributed by atoms with van der Waals surface area (Å²) in [6.45, 7) is 0. The molecule has 0 unspecified atom stereocenters. The quantitative estimate of drug-likeness (QED) is 0.688. The zero-order valence-electron chi connectivity index (χ0n) is 10.0. The van der Waals surface area contributed by atoms with Gasteiger partial charge in [-0.3, -0.25) is 0 Å². The van der Waals surface area contributed by atoms with Crippen molar-refractivity contribution in [3.63, 3.8) is 0 Å². The number of nitrogens with zero attached hydrogens (tertiary/aromatic N) is 3. The smallest absolute Gasteiger partial charge is 0.204 e. The van der Waals surface area contributed by atoms with Gasteiger partial charge in [0.1, 0.15) is 13.2 Å². The Labute approximate surface area is 96.9 Å². The predicted octanol–water partition coefficient (Wildman–Crippen LogP) is 1.20. The van der Waals surface area contributed by atoms with Gasteiger partial charge in [0, 0.05) is 44.7 Å². The molecule has 16 heavy (non-hydrogen) atoms. The van der Waals surface area contributed by atoms with E-state index < -0.39 is 0 Å². The van der Waals surface area contributed by atoms with Crippen molar-refractivity contribution in [1.82, 2.24) is 9.80 Å². The molecule has 2 rings (SSSR count). The summed E-state index contributed by atoms with van der Waals surface area (Å²) in [4.78, 5) is 4.36. The van der Waals surface area contributed by atoms with Crippen molar-refractivity contribution in [1.29, 1.82) is 0 Å². The zero-order valence-corrected chi connectivity index (χ0v) is 10.0. The maximum absolute atomic E-state index is 2.20. The number of rotatable bonds is 2. The summed E-state index contributed by atoms with van der Waals surface area (Å²) in [6, 6.07) is 6.20.